The van der Waals surface area contributed by atoms with Crippen molar-refractivity contribution >= 4 is 23.4 Å². The molecule has 0 saturated heterocycles. The fourth-order valence-electron chi connectivity index (χ4n) is 3.87. The maximum absolute atomic E-state index is 14.3. The first-order valence-corrected chi connectivity index (χ1v) is 11.0. The van der Waals surface area contributed by atoms with Gasteiger partial charge in [0.25, 0.3) is 5.91 Å². The first kappa shape index (κ1) is 25.1. The molecule has 0 spiro atoms. The van der Waals surface area contributed by atoms with Gasteiger partial charge in [0.1, 0.15) is 12.3 Å². The molecule has 3 aromatic rings. The van der Waals surface area contributed by atoms with E-state index in [1.807, 2.05) is 6.07 Å². The molecule has 5 rings (SSSR count). The van der Waals surface area contributed by atoms with Crippen LogP contribution in [0.5, 0.6) is 23.0 Å². The molecule has 1 amide bonds. The average Bonchev–Trinajstić information content (AvgIpc) is 3.49. The summed E-state index contributed by atoms with van der Waals surface area (Å²) in [5, 5.41) is 3.87. The molecule has 2 heterocycles. The largest absolute Gasteiger partial charge is 0.493 e. The number of carbonyl (C=O) groups is 1. The molecule has 0 atom stereocenters. The molecule has 196 valence electrons. The van der Waals surface area contributed by atoms with Crippen molar-refractivity contribution in [3.63, 3.8) is 0 Å². The Morgan fingerprint density at radius 2 is 1.61 bits per heavy atom. The van der Waals surface area contributed by atoms with Crippen LogP contribution in [0, 0.1) is 29.1 Å². The summed E-state index contributed by atoms with van der Waals surface area (Å²) in [6.07, 6.45) is 1.34. The minimum absolute atomic E-state index is 0.000966. The van der Waals surface area contributed by atoms with Crippen molar-refractivity contribution in [1.29, 1.82) is 0 Å². The maximum Gasteiger partial charge on any atom is 0.280 e. The molecular formula is C26H17F5N2O5. The van der Waals surface area contributed by atoms with E-state index in [4.69, 9.17) is 18.9 Å². The summed E-state index contributed by atoms with van der Waals surface area (Å²) in [6.45, 7) is 1.70. The number of fused-ring (bicyclic) bond motifs is 1. The van der Waals surface area contributed by atoms with E-state index in [9.17, 15) is 26.7 Å². The molecule has 0 saturated carbocycles. The number of methoxy groups -OCH3 is 1. The second kappa shape index (κ2) is 9.69. The SMILES string of the molecule is COc1cc(/C=C2/C(=O)N(c3c(F)c(F)c(F)c(F)c3F)N=C2C)ccc1OCc1ccc2c(c1)OCO2. The monoisotopic (exact) mass is 532 g/mol. The van der Waals surface area contributed by atoms with Crippen LogP contribution >= 0.6 is 0 Å². The van der Waals surface area contributed by atoms with Crippen LogP contribution in [0.1, 0.15) is 18.1 Å². The maximum atomic E-state index is 14.3. The molecule has 0 N–H and O–H groups in total. The Bertz CT molecular complexity index is 1510. The molecule has 0 fully saturated rings. The summed E-state index contributed by atoms with van der Waals surface area (Å²) in [5.74, 6) is -10.2. The fraction of sp³-hybridized carbons (Fsp3) is 0.154. The molecule has 7 nitrogen and oxygen atoms in total. The van der Waals surface area contributed by atoms with Gasteiger partial charge in [-0.05, 0) is 48.4 Å². The average molecular weight is 532 g/mol. The van der Waals surface area contributed by atoms with Crippen LogP contribution in [0.2, 0.25) is 0 Å². The van der Waals surface area contributed by atoms with E-state index in [2.05, 4.69) is 5.10 Å². The minimum Gasteiger partial charge on any atom is -0.493 e. The number of ether oxygens (including phenoxy) is 4. The number of hydrogen-bond donors (Lipinski definition) is 0. The van der Waals surface area contributed by atoms with Gasteiger partial charge in [0, 0.05) is 0 Å². The van der Waals surface area contributed by atoms with Crippen LogP contribution in [0.15, 0.2) is 47.1 Å². The molecule has 0 radical (unpaired) electrons. The van der Waals surface area contributed by atoms with E-state index >= 15 is 0 Å². The number of amides is 1. The Hall–Kier alpha value is -4.61. The number of nitrogens with zero attached hydrogens (tertiary/aromatic N) is 2. The van der Waals surface area contributed by atoms with Crippen molar-refractivity contribution in [2.24, 2.45) is 5.10 Å². The van der Waals surface area contributed by atoms with Gasteiger partial charge in [-0.2, -0.15) is 10.1 Å². The van der Waals surface area contributed by atoms with Gasteiger partial charge in [0.15, 0.2) is 46.3 Å². The summed E-state index contributed by atoms with van der Waals surface area (Å²) in [6, 6.07) is 10.1. The van der Waals surface area contributed by atoms with Gasteiger partial charge in [-0.3, -0.25) is 4.79 Å². The summed E-state index contributed by atoms with van der Waals surface area (Å²) in [4.78, 5) is 12.9. The van der Waals surface area contributed by atoms with Crippen molar-refractivity contribution in [1.82, 2.24) is 0 Å². The topological polar surface area (TPSA) is 69.6 Å². The molecule has 0 aliphatic carbocycles. The van der Waals surface area contributed by atoms with Crippen LogP contribution in [0.25, 0.3) is 6.08 Å². The second-order valence-corrected chi connectivity index (χ2v) is 8.17. The number of anilines is 1. The van der Waals surface area contributed by atoms with Gasteiger partial charge < -0.3 is 18.9 Å². The zero-order valence-electron chi connectivity index (χ0n) is 19.8. The second-order valence-electron chi connectivity index (χ2n) is 8.17. The number of hydrogen-bond acceptors (Lipinski definition) is 6. The lowest BCUT2D eigenvalue weighted by Gasteiger charge is -2.15. The number of benzene rings is 3. The Morgan fingerprint density at radius 1 is 0.921 bits per heavy atom. The first-order valence-electron chi connectivity index (χ1n) is 11.0. The smallest absolute Gasteiger partial charge is 0.280 e. The van der Waals surface area contributed by atoms with E-state index in [1.54, 1.807) is 30.3 Å². The normalized spacial score (nSPS) is 15.3. The first-order chi connectivity index (χ1) is 18.2. The minimum atomic E-state index is -2.33. The van der Waals surface area contributed by atoms with Gasteiger partial charge in [0.05, 0.1) is 18.4 Å². The Labute approximate surface area is 212 Å². The lowest BCUT2D eigenvalue weighted by atomic mass is 10.1. The van der Waals surface area contributed by atoms with Crippen molar-refractivity contribution in [3.8, 4) is 23.0 Å². The van der Waals surface area contributed by atoms with E-state index in [-0.39, 0.29) is 29.7 Å². The van der Waals surface area contributed by atoms with Crippen molar-refractivity contribution in [3.05, 3.63) is 82.2 Å². The molecular weight excluding hydrogens is 515 g/mol. The fourth-order valence-corrected chi connectivity index (χ4v) is 3.87. The molecule has 2 aliphatic heterocycles. The predicted molar refractivity (Wildman–Crippen MR) is 125 cm³/mol. The Balaban J connectivity index is 1.38. The lowest BCUT2D eigenvalue weighted by Crippen LogP contribution is -2.25. The molecule has 12 heteroatoms. The highest BCUT2D eigenvalue weighted by Crippen LogP contribution is 2.36. The van der Waals surface area contributed by atoms with Gasteiger partial charge in [-0.25, -0.2) is 22.0 Å². The van der Waals surface area contributed by atoms with E-state index < -0.39 is 40.7 Å². The Morgan fingerprint density at radius 3 is 2.32 bits per heavy atom. The number of rotatable bonds is 6. The van der Waals surface area contributed by atoms with Gasteiger partial charge in [0.2, 0.25) is 12.6 Å². The van der Waals surface area contributed by atoms with Crippen molar-refractivity contribution in [2.75, 3.05) is 18.9 Å². The van der Waals surface area contributed by atoms with Gasteiger partial charge in [-0.15, -0.1) is 0 Å². The van der Waals surface area contributed by atoms with Crippen LogP contribution in [0.3, 0.4) is 0 Å². The van der Waals surface area contributed by atoms with Gasteiger partial charge in [-0.1, -0.05) is 12.1 Å². The van der Waals surface area contributed by atoms with E-state index in [0.717, 1.165) is 5.56 Å². The molecule has 0 aromatic heterocycles. The van der Waals surface area contributed by atoms with E-state index in [0.29, 0.717) is 28.6 Å². The quantitative estimate of drug-likeness (QED) is 0.181. The third kappa shape index (κ3) is 4.27. The summed E-state index contributed by atoms with van der Waals surface area (Å²) in [7, 11) is 1.41. The summed E-state index contributed by atoms with van der Waals surface area (Å²) >= 11 is 0. The number of hydrazone groups is 1. The predicted octanol–water partition coefficient (Wildman–Crippen LogP) is 5.50. The molecule has 0 unspecified atom stereocenters. The lowest BCUT2D eigenvalue weighted by molar-refractivity contribution is -0.114. The third-order valence-electron chi connectivity index (χ3n) is 5.79. The Kier molecular flexibility index (Phi) is 6.39. The third-order valence-corrected chi connectivity index (χ3v) is 5.79. The zero-order chi connectivity index (χ0) is 27.1. The highest BCUT2D eigenvalue weighted by Gasteiger charge is 2.37. The molecule has 38 heavy (non-hydrogen) atoms. The van der Waals surface area contributed by atoms with Crippen molar-refractivity contribution in [2.45, 2.75) is 13.5 Å². The number of halogens is 5. The number of carbonyl (C=O) groups excluding carboxylic acids is 1. The molecule has 0 bridgehead atoms. The van der Waals surface area contributed by atoms with E-state index in [1.165, 1.54) is 20.1 Å². The van der Waals surface area contributed by atoms with Crippen LogP contribution in [0.4, 0.5) is 27.6 Å². The zero-order valence-corrected chi connectivity index (χ0v) is 19.8. The van der Waals surface area contributed by atoms with Crippen LogP contribution < -0.4 is 24.0 Å². The van der Waals surface area contributed by atoms with Crippen molar-refractivity contribution < 1.29 is 45.7 Å². The van der Waals surface area contributed by atoms with Crippen LogP contribution in [-0.4, -0.2) is 25.5 Å². The standard InChI is InChI=1S/C26H17F5N2O5/c1-12-15(26(34)33(32-12)25-23(30)21(28)20(27)22(29)24(25)31)7-13-3-5-16(18(8-13)35-2)36-10-14-4-6-17-19(9-14)38-11-37-17/h3-9H,10-11H2,1-2H3/b15-7+. The van der Waals surface area contributed by atoms with Crippen LogP contribution in [-0.2, 0) is 11.4 Å². The molecule has 2 aliphatic rings. The van der Waals surface area contributed by atoms with Gasteiger partial charge >= 0.3 is 0 Å². The highest BCUT2D eigenvalue weighted by atomic mass is 19.2. The molecule has 3 aromatic carbocycles. The highest BCUT2D eigenvalue weighted by molar-refractivity contribution is 6.32. The summed E-state index contributed by atoms with van der Waals surface area (Å²) < 4.78 is 91.2. The summed E-state index contributed by atoms with van der Waals surface area (Å²) in [5.41, 5.74) is -0.335.